The van der Waals surface area contributed by atoms with Crippen molar-refractivity contribution in [3.05, 3.63) is 23.2 Å². The SMILES string of the molecule is COC1=CC(=O)C(=O)C(CCCCCCCCO)=C1OC. The van der Waals surface area contributed by atoms with Crippen LogP contribution in [0.1, 0.15) is 44.9 Å². The number of aliphatic hydroxyl groups excluding tert-OH is 1. The van der Waals surface area contributed by atoms with E-state index in [9.17, 15) is 9.59 Å². The van der Waals surface area contributed by atoms with Crippen LogP contribution in [0.2, 0.25) is 0 Å². The van der Waals surface area contributed by atoms with E-state index < -0.39 is 11.6 Å². The van der Waals surface area contributed by atoms with Gasteiger partial charge in [0.05, 0.1) is 14.2 Å². The number of carbonyl (C=O) groups is 2. The minimum atomic E-state index is -0.550. The lowest BCUT2D eigenvalue weighted by molar-refractivity contribution is -0.132. The van der Waals surface area contributed by atoms with Crippen LogP contribution in [-0.4, -0.2) is 37.5 Å². The number of hydrogen-bond donors (Lipinski definition) is 1. The molecule has 118 valence electrons. The molecule has 0 aromatic carbocycles. The molecule has 21 heavy (non-hydrogen) atoms. The van der Waals surface area contributed by atoms with Crippen LogP contribution in [0, 0.1) is 0 Å². The number of aliphatic hydroxyl groups is 1. The maximum Gasteiger partial charge on any atom is 0.232 e. The molecule has 5 nitrogen and oxygen atoms in total. The van der Waals surface area contributed by atoms with E-state index in [0.717, 1.165) is 38.5 Å². The Labute approximate surface area is 125 Å². The van der Waals surface area contributed by atoms with Crippen LogP contribution in [0.5, 0.6) is 0 Å². The first kappa shape index (κ1) is 17.4. The lowest BCUT2D eigenvalue weighted by atomic mass is 9.94. The molecule has 5 heteroatoms. The third kappa shape index (κ3) is 5.01. The van der Waals surface area contributed by atoms with E-state index in [1.165, 1.54) is 20.3 Å². The summed E-state index contributed by atoms with van der Waals surface area (Å²) >= 11 is 0. The van der Waals surface area contributed by atoms with Gasteiger partial charge in [-0.25, -0.2) is 0 Å². The molecule has 0 spiro atoms. The Balaban J connectivity index is 2.53. The molecule has 0 radical (unpaired) electrons. The van der Waals surface area contributed by atoms with Crippen molar-refractivity contribution in [1.82, 2.24) is 0 Å². The van der Waals surface area contributed by atoms with E-state index in [0.29, 0.717) is 23.5 Å². The number of unbranched alkanes of at least 4 members (excludes halogenated alkanes) is 5. The maximum absolute atomic E-state index is 11.9. The highest BCUT2D eigenvalue weighted by Crippen LogP contribution is 2.26. The smallest absolute Gasteiger partial charge is 0.232 e. The number of rotatable bonds is 10. The predicted octanol–water partition coefficient (Wildman–Crippen LogP) is 2.29. The number of methoxy groups -OCH3 is 2. The predicted molar refractivity (Wildman–Crippen MR) is 78.5 cm³/mol. The quantitative estimate of drug-likeness (QED) is 0.380. The second-order valence-corrected chi connectivity index (χ2v) is 5.01. The van der Waals surface area contributed by atoms with E-state index in [-0.39, 0.29) is 6.61 Å². The second kappa shape index (κ2) is 9.34. The Bertz CT molecular complexity index is 434. The van der Waals surface area contributed by atoms with Crippen molar-refractivity contribution in [3.8, 4) is 0 Å². The Morgan fingerprint density at radius 1 is 0.952 bits per heavy atom. The largest absolute Gasteiger partial charge is 0.493 e. The number of hydrogen-bond acceptors (Lipinski definition) is 5. The molecule has 0 bridgehead atoms. The topological polar surface area (TPSA) is 72.8 Å². The van der Waals surface area contributed by atoms with Crippen LogP contribution in [-0.2, 0) is 19.1 Å². The fraction of sp³-hybridized carbons (Fsp3) is 0.625. The van der Waals surface area contributed by atoms with Crippen LogP contribution in [0.4, 0.5) is 0 Å². The number of ketones is 2. The fourth-order valence-electron chi connectivity index (χ4n) is 2.37. The summed E-state index contributed by atoms with van der Waals surface area (Å²) in [6, 6.07) is 0. The van der Waals surface area contributed by atoms with Gasteiger partial charge in [-0.3, -0.25) is 9.59 Å². The normalized spacial score (nSPS) is 15.3. The van der Waals surface area contributed by atoms with Gasteiger partial charge in [0.15, 0.2) is 11.5 Å². The number of ether oxygens (including phenoxy) is 2. The molecule has 0 amide bonds. The van der Waals surface area contributed by atoms with E-state index >= 15 is 0 Å². The minimum Gasteiger partial charge on any atom is -0.493 e. The Kier molecular flexibility index (Phi) is 7.75. The molecule has 0 aliphatic heterocycles. The maximum atomic E-state index is 11.9. The van der Waals surface area contributed by atoms with Gasteiger partial charge in [-0.1, -0.05) is 25.7 Å². The van der Waals surface area contributed by atoms with E-state index in [1.807, 2.05) is 0 Å². The third-order valence-corrected chi connectivity index (χ3v) is 3.52. The van der Waals surface area contributed by atoms with E-state index in [2.05, 4.69) is 0 Å². The molecule has 0 aromatic rings. The lowest BCUT2D eigenvalue weighted by Crippen LogP contribution is -2.22. The summed E-state index contributed by atoms with van der Waals surface area (Å²) in [5, 5.41) is 8.69. The zero-order valence-corrected chi connectivity index (χ0v) is 12.8. The van der Waals surface area contributed by atoms with Crippen molar-refractivity contribution in [1.29, 1.82) is 0 Å². The minimum absolute atomic E-state index is 0.243. The molecule has 1 aliphatic carbocycles. The molecule has 0 heterocycles. The molecular formula is C16H24O5. The van der Waals surface area contributed by atoms with Crippen LogP contribution in [0.15, 0.2) is 23.2 Å². The van der Waals surface area contributed by atoms with Gasteiger partial charge < -0.3 is 14.6 Å². The van der Waals surface area contributed by atoms with Gasteiger partial charge in [0, 0.05) is 18.3 Å². The average molecular weight is 296 g/mol. The molecule has 0 atom stereocenters. The first-order chi connectivity index (χ1) is 10.2. The van der Waals surface area contributed by atoms with Crippen LogP contribution >= 0.6 is 0 Å². The fourth-order valence-corrected chi connectivity index (χ4v) is 2.37. The van der Waals surface area contributed by atoms with Crippen molar-refractivity contribution < 1.29 is 24.2 Å². The van der Waals surface area contributed by atoms with Crippen LogP contribution in [0.3, 0.4) is 0 Å². The summed E-state index contributed by atoms with van der Waals surface area (Å²) < 4.78 is 10.3. The van der Waals surface area contributed by atoms with Crippen LogP contribution < -0.4 is 0 Å². The highest BCUT2D eigenvalue weighted by Gasteiger charge is 2.29. The van der Waals surface area contributed by atoms with Gasteiger partial charge in [-0.2, -0.15) is 0 Å². The summed E-state index contributed by atoms with van der Waals surface area (Å²) in [6.45, 7) is 0.243. The zero-order valence-electron chi connectivity index (χ0n) is 12.8. The molecule has 0 fully saturated rings. The summed E-state index contributed by atoms with van der Waals surface area (Å²) in [4.78, 5) is 23.6. The highest BCUT2D eigenvalue weighted by atomic mass is 16.5. The number of carbonyl (C=O) groups excluding carboxylic acids is 2. The van der Waals surface area contributed by atoms with Gasteiger partial charge in [-0.05, 0) is 19.3 Å². The molecule has 0 aromatic heterocycles. The van der Waals surface area contributed by atoms with Crippen molar-refractivity contribution in [2.75, 3.05) is 20.8 Å². The molecule has 0 unspecified atom stereocenters. The lowest BCUT2D eigenvalue weighted by Gasteiger charge is -2.18. The second-order valence-electron chi connectivity index (χ2n) is 5.01. The average Bonchev–Trinajstić information content (AvgIpc) is 2.49. The van der Waals surface area contributed by atoms with Crippen molar-refractivity contribution in [2.45, 2.75) is 44.9 Å². The molecule has 1 aliphatic rings. The summed E-state index contributed by atoms with van der Waals surface area (Å²) in [5.41, 5.74) is 0.414. The van der Waals surface area contributed by atoms with Gasteiger partial charge in [0.1, 0.15) is 0 Å². The van der Waals surface area contributed by atoms with Gasteiger partial charge in [0.25, 0.3) is 0 Å². The summed E-state index contributed by atoms with van der Waals surface area (Å²) in [6.07, 6.45) is 7.52. The summed E-state index contributed by atoms with van der Waals surface area (Å²) in [5.74, 6) is -0.346. The number of Topliss-reactive ketones (excluding diaryl/α,β-unsaturated/α-hetero) is 1. The van der Waals surface area contributed by atoms with Gasteiger partial charge in [0.2, 0.25) is 11.6 Å². The molecule has 1 rings (SSSR count). The highest BCUT2D eigenvalue weighted by molar-refractivity contribution is 6.48. The number of allylic oxidation sites excluding steroid dienone is 2. The Hall–Kier alpha value is -1.62. The molecule has 0 saturated heterocycles. The van der Waals surface area contributed by atoms with E-state index in [1.54, 1.807) is 0 Å². The first-order valence-corrected chi connectivity index (χ1v) is 7.38. The van der Waals surface area contributed by atoms with Gasteiger partial charge in [-0.15, -0.1) is 0 Å². The standard InChI is InChI=1S/C16H24O5/c1-20-14-11-13(18)15(19)12(16(14)21-2)9-7-5-3-4-6-8-10-17/h11,17H,3-10H2,1-2H3. The van der Waals surface area contributed by atoms with Crippen molar-refractivity contribution >= 4 is 11.6 Å². The molecule has 1 N–H and O–H groups in total. The van der Waals surface area contributed by atoms with Crippen LogP contribution in [0.25, 0.3) is 0 Å². The van der Waals surface area contributed by atoms with Crippen molar-refractivity contribution in [2.24, 2.45) is 0 Å². The third-order valence-electron chi connectivity index (χ3n) is 3.52. The Morgan fingerprint density at radius 3 is 2.14 bits per heavy atom. The van der Waals surface area contributed by atoms with E-state index in [4.69, 9.17) is 14.6 Å². The molecule has 0 saturated carbocycles. The zero-order chi connectivity index (χ0) is 15.7. The van der Waals surface area contributed by atoms with Crippen molar-refractivity contribution in [3.63, 3.8) is 0 Å². The molecular weight excluding hydrogens is 272 g/mol. The Morgan fingerprint density at radius 2 is 1.57 bits per heavy atom. The van der Waals surface area contributed by atoms with Gasteiger partial charge >= 0.3 is 0 Å². The monoisotopic (exact) mass is 296 g/mol. The first-order valence-electron chi connectivity index (χ1n) is 7.38. The summed E-state index contributed by atoms with van der Waals surface area (Å²) in [7, 11) is 2.92.